The molecule has 1 heterocycles. The van der Waals surface area contributed by atoms with Crippen molar-refractivity contribution in [1.29, 1.82) is 0 Å². The average Bonchev–Trinajstić information content (AvgIpc) is 2.92. The number of phenolic OH excluding ortho intramolecular Hbond substituents is 1. The van der Waals surface area contributed by atoms with Gasteiger partial charge in [-0.25, -0.2) is 4.98 Å². The van der Waals surface area contributed by atoms with Gasteiger partial charge in [0, 0.05) is 17.6 Å². The van der Waals surface area contributed by atoms with E-state index in [4.69, 9.17) is 0 Å². The molecule has 0 bridgehead atoms. The van der Waals surface area contributed by atoms with Gasteiger partial charge < -0.3 is 10.4 Å². The second kappa shape index (κ2) is 5.31. The van der Waals surface area contributed by atoms with E-state index in [-0.39, 0.29) is 6.04 Å². The molecular weight excluding hydrogens is 256 g/mol. The highest BCUT2D eigenvalue weighted by Crippen LogP contribution is 2.33. The van der Waals surface area contributed by atoms with Crippen LogP contribution in [0.2, 0.25) is 0 Å². The summed E-state index contributed by atoms with van der Waals surface area (Å²) >= 11 is 1.69. The number of thiazole rings is 1. The van der Waals surface area contributed by atoms with Crippen molar-refractivity contribution in [3.63, 3.8) is 0 Å². The maximum atomic E-state index is 9.58. The molecule has 19 heavy (non-hydrogen) atoms. The van der Waals surface area contributed by atoms with E-state index in [1.54, 1.807) is 17.4 Å². The van der Waals surface area contributed by atoms with Gasteiger partial charge >= 0.3 is 0 Å². The van der Waals surface area contributed by atoms with E-state index < -0.39 is 0 Å². The monoisotopic (exact) mass is 274 g/mol. The average molecular weight is 274 g/mol. The molecular formula is C15H18N2OS. The van der Waals surface area contributed by atoms with Crippen LogP contribution >= 0.6 is 11.3 Å². The second-order valence-corrected chi connectivity index (χ2v) is 6.01. The van der Waals surface area contributed by atoms with Crippen molar-refractivity contribution in [3.05, 3.63) is 45.9 Å². The number of hydrogen-bond acceptors (Lipinski definition) is 4. The molecule has 0 aliphatic heterocycles. The molecule has 2 atom stereocenters. The number of hydrogen-bond donors (Lipinski definition) is 2. The Morgan fingerprint density at radius 2 is 2.37 bits per heavy atom. The predicted molar refractivity (Wildman–Crippen MR) is 77.5 cm³/mol. The predicted octanol–water partition coefficient (Wildman–Crippen LogP) is 3.58. The molecule has 2 unspecified atom stereocenters. The fourth-order valence-electron chi connectivity index (χ4n) is 2.80. The van der Waals surface area contributed by atoms with Crippen molar-refractivity contribution in [2.45, 2.75) is 38.3 Å². The van der Waals surface area contributed by atoms with Crippen molar-refractivity contribution in [2.75, 3.05) is 0 Å². The summed E-state index contributed by atoms with van der Waals surface area (Å²) in [6, 6.07) is 6.37. The lowest BCUT2D eigenvalue weighted by Crippen LogP contribution is -2.27. The third-order valence-corrected chi connectivity index (χ3v) is 4.67. The quantitative estimate of drug-likeness (QED) is 0.899. The van der Waals surface area contributed by atoms with Gasteiger partial charge in [-0.15, -0.1) is 11.3 Å². The van der Waals surface area contributed by atoms with Gasteiger partial charge in [-0.1, -0.05) is 6.07 Å². The Hall–Kier alpha value is -1.39. The molecule has 0 saturated carbocycles. The number of phenols is 1. The maximum Gasteiger partial charge on any atom is 0.115 e. The molecule has 1 aromatic carbocycles. The molecule has 1 aliphatic rings. The summed E-state index contributed by atoms with van der Waals surface area (Å²) in [6.45, 7) is 2.16. The largest absolute Gasteiger partial charge is 0.508 e. The van der Waals surface area contributed by atoms with E-state index in [0.29, 0.717) is 11.8 Å². The van der Waals surface area contributed by atoms with E-state index >= 15 is 0 Å². The van der Waals surface area contributed by atoms with Crippen molar-refractivity contribution < 1.29 is 5.11 Å². The van der Waals surface area contributed by atoms with Crippen LogP contribution in [0.25, 0.3) is 0 Å². The van der Waals surface area contributed by atoms with Crippen molar-refractivity contribution in [3.8, 4) is 5.75 Å². The molecule has 2 aromatic rings. The smallest absolute Gasteiger partial charge is 0.115 e. The molecule has 1 aliphatic carbocycles. The number of fused-ring (bicyclic) bond motifs is 1. The van der Waals surface area contributed by atoms with Crippen LogP contribution < -0.4 is 5.32 Å². The first kappa shape index (κ1) is 12.6. The Morgan fingerprint density at radius 3 is 3.16 bits per heavy atom. The van der Waals surface area contributed by atoms with Crippen LogP contribution in [-0.2, 0) is 6.42 Å². The van der Waals surface area contributed by atoms with Crippen LogP contribution in [-0.4, -0.2) is 10.1 Å². The van der Waals surface area contributed by atoms with Crippen molar-refractivity contribution >= 4 is 11.3 Å². The number of rotatable bonds is 3. The molecule has 4 heteroatoms. The summed E-state index contributed by atoms with van der Waals surface area (Å²) in [7, 11) is 0. The Balaban J connectivity index is 1.80. The van der Waals surface area contributed by atoms with Gasteiger partial charge in [0.15, 0.2) is 0 Å². The highest BCUT2D eigenvalue weighted by Gasteiger charge is 2.22. The number of benzene rings is 1. The van der Waals surface area contributed by atoms with Gasteiger partial charge in [0.2, 0.25) is 0 Å². The minimum Gasteiger partial charge on any atom is -0.508 e. The van der Waals surface area contributed by atoms with Crippen molar-refractivity contribution in [1.82, 2.24) is 10.3 Å². The van der Waals surface area contributed by atoms with E-state index in [2.05, 4.69) is 23.3 Å². The first-order valence-corrected chi connectivity index (χ1v) is 7.59. The number of aryl methyl sites for hydroxylation is 1. The van der Waals surface area contributed by atoms with E-state index in [1.165, 1.54) is 17.5 Å². The Bertz CT molecular complexity index is 553. The molecule has 3 rings (SSSR count). The Morgan fingerprint density at radius 1 is 1.47 bits per heavy atom. The van der Waals surface area contributed by atoms with Crippen molar-refractivity contribution in [2.24, 2.45) is 0 Å². The first-order chi connectivity index (χ1) is 9.24. The van der Waals surface area contributed by atoms with Gasteiger partial charge in [-0.05, 0) is 49.4 Å². The summed E-state index contributed by atoms with van der Waals surface area (Å²) in [5, 5.41) is 16.4. The van der Waals surface area contributed by atoms with Gasteiger partial charge in [-0.3, -0.25) is 0 Å². The van der Waals surface area contributed by atoms with E-state index in [0.717, 1.165) is 17.8 Å². The normalized spacial score (nSPS) is 19.9. The third-order valence-electron chi connectivity index (χ3n) is 3.71. The molecule has 0 spiro atoms. The molecule has 0 amide bonds. The van der Waals surface area contributed by atoms with Crippen LogP contribution in [0.15, 0.2) is 29.8 Å². The summed E-state index contributed by atoms with van der Waals surface area (Å²) in [5.74, 6) is 0.368. The summed E-state index contributed by atoms with van der Waals surface area (Å²) in [6.07, 6.45) is 5.23. The number of aromatic hydroxyl groups is 1. The number of nitrogens with zero attached hydrogens (tertiary/aromatic N) is 1. The topological polar surface area (TPSA) is 45.1 Å². The molecule has 0 fully saturated rings. The van der Waals surface area contributed by atoms with E-state index in [9.17, 15) is 5.11 Å². The minimum absolute atomic E-state index is 0.268. The van der Waals surface area contributed by atoms with Crippen LogP contribution in [0.1, 0.15) is 48.0 Å². The van der Waals surface area contributed by atoms with Gasteiger partial charge in [0.1, 0.15) is 10.8 Å². The number of nitrogens with one attached hydrogen (secondary N) is 1. The fraction of sp³-hybridized carbons (Fsp3) is 0.400. The van der Waals surface area contributed by atoms with Crippen LogP contribution in [0.4, 0.5) is 0 Å². The Labute approximate surface area is 117 Å². The third kappa shape index (κ3) is 2.65. The minimum atomic E-state index is 0.268. The summed E-state index contributed by atoms with van der Waals surface area (Å²) in [4.78, 5) is 4.37. The van der Waals surface area contributed by atoms with Crippen LogP contribution in [0.5, 0.6) is 5.75 Å². The van der Waals surface area contributed by atoms with Crippen LogP contribution in [0, 0.1) is 0 Å². The zero-order chi connectivity index (χ0) is 13.2. The lowest BCUT2D eigenvalue weighted by Gasteiger charge is -2.28. The highest BCUT2D eigenvalue weighted by molar-refractivity contribution is 7.09. The zero-order valence-electron chi connectivity index (χ0n) is 11.0. The second-order valence-electron chi connectivity index (χ2n) is 5.09. The highest BCUT2D eigenvalue weighted by atomic mass is 32.1. The van der Waals surface area contributed by atoms with Gasteiger partial charge in [-0.2, -0.15) is 0 Å². The fourth-order valence-corrected chi connectivity index (χ4v) is 3.45. The summed E-state index contributed by atoms with van der Waals surface area (Å²) < 4.78 is 0. The van der Waals surface area contributed by atoms with Crippen LogP contribution in [0.3, 0.4) is 0 Å². The summed E-state index contributed by atoms with van der Waals surface area (Å²) in [5.41, 5.74) is 2.60. The first-order valence-electron chi connectivity index (χ1n) is 6.71. The van der Waals surface area contributed by atoms with Gasteiger partial charge in [0.25, 0.3) is 0 Å². The van der Waals surface area contributed by atoms with Gasteiger partial charge in [0.05, 0.1) is 6.04 Å². The lowest BCUT2D eigenvalue weighted by atomic mass is 9.87. The SMILES string of the molecule is CC(NC1CCCc2cc(O)ccc21)c1nccs1. The zero-order valence-corrected chi connectivity index (χ0v) is 11.8. The molecule has 0 radical (unpaired) electrons. The molecule has 100 valence electrons. The number of aromatic nitrogens is 1. The van der Waals surface area contributed by atoms with E-state index in [1.807, 2.05) is 17.6 Å². The standard InChI is InChI=1S/C15H18N2OS/c1-10(15-16-7-8-19-15)17-14-4-2-3-11-9-12(18)5-6-13(11)14/h5-10,14,17-18H,2-4H2,1H3. The Kier molecular flexibility index (Phi) is 3.53. The molecule has 2 N–H and O–H groups in total. The molecule has 0 saturated heterocycles. The molecule has 3 nitrogen and oxygen atoms in total. The maximum absolute atomic E-state index is 9.58. The molecule has 1 aromatic heterocycles. The lowest BCUT2D eigenvalue weighted by molar-refractivity contribution is 0.412.